The Kier molecular flexibility index (Phi) is 9.13. The summed E-state index contributed by atoms with van der Waals surface area (Å²) in [6.07, 6.45) is 31.8. The molecule has 0 bridgehead atoms. The molecule has 0 aliphatic heterocycles. The number of nitrogens with zero attached hydrogens (tertiary/aromatic N) is 2. The van der Waals surface area contributed by atoms with E-state index in [1.54, 1.807) is 22.5 Å². The summed E-state index contributed by atoms with van der Waals surface area (Å²) >= 11 is 0. The van der Waals surface area contributed by atoms with Crippen LogP contribution < -0.4 is 9.13 Å². The lowest BCUT2D eigenvalue weighted by molar-refractivity contribution is -0.705. The molecule has 2 aromatic heterocycles. The molecule has 0 fully saturated rings. The van der Waals surface area contributed by atoms with Gasteiger partial charge in [-0.25, -0.2) is 9.13 Å². The van der Waals surface area contributed by atoms with Crippen LogP contribution in [0, 0.1) is 0 Å². The van der Waals surface area contributed by atoms with Crippen molar-refractivity contribution in [2.75, 3.05) is 0 Å². The van der Waals surface area contributed by atoms with E-state index in [1.807, 2.05) is 0 Å². The van der Waals surface area contributed by atoms with Crippen molar-refractivity contribution >= 4 is 0 Å². The number of allylic oxidation sites excluding steroid dienone is 4. The molecule has 2 heteroatoms. The smallest absolute Gasteiger partial charge is 0.184 e. The third-order valence-corrected chi connectivity index (χ3v) is 7.20. The molecular formula is C30H42N2+2. The zero-order chi connectivity index (χ0) is 21.8. The summed E-state index contributed by atoms with van der Waals surface area (Å²) in [5, 5.41) is 0. The Balaban J connectivity index is 1.06. The molecular weight excluding hydrogens is 388 g/mol. The predicted octanol–water partition coefficient (Wildman–Crippen LogP) is 6.17. The molecule has 0 unspecified atom stereocenters. The first-order chi connectivity index (χ1) is 15.9. The van der Waals surface area contributed by atoms with Crippen LogP contribution in [0.4, 0.5) is 0 Å². The van der Waals surface area contributed by atoms with E-state index in [4.69, 9.17) is 0 Å². The second-order valence-electron chi connectivity index (χ2n) is 9.61. The van der Waals surface area contributed by atoms with Gasteiger partial charge in [0, 0.05) is 48.9 Å². The monoisotopic (exact) mass is 430 g/mol. The lowest BCUT2D eigenvalue weighted by atomic mass is 9.96. The minimum absolute atomic E-state index is 1.18. The maximum atomic E-state index is 2.52. The Bertz CT molecular complexity index is 834. The van der Waals surface area contributed by atoms with Crippen molar-refractivity contribution in [2.24, 2.45) is 0 Å². The molecule has 0 amide bonds. The molecule has 0 radical (unpaired) electrons. The van der Waals surface area contributed by atoms with Gasteiger partial charge < -0.3 is 0 Å². The number of unbranched alkanes of at least 4 members (excludes halogenated alkanes) is 4. The second-order valence-corrected chi connectivity index (χ2v) is 9.61. The summed E-state index contributed by atoms with van der Waals surface area (Å²) in [6.45, 7) is 2.35. The van der Waals surface area contributed by atoms with E-state index in [1.165, 1.54) is 103 Å². The normalized spacial score (nSPS) is 15.9. The van der Waals surface area contributed by atoms with Crippen LogP contribution in [0.3, 0.4) is 0 Å². The minimum atomic E-state index is 1.18. The SMILES string of the molecule is C(C=CCCCC[n+]1cccc2c1CCCC2)=CCCCC[n+]1cccc2c1CCCC2. The molecule has 0 aromatic carbocycles. The van der Waals surface area contributed by atoms with E-state index < -0.39 is 0 Å². The fourth-order valence-electron chi connectivity index (χ4n) is 5.40. The third-order valence-electron chi connectivity index (χ3n) is 7.20. The standard InChI is InChI=1S/C30H42N2/c1(3-5-7-13-23-31-25-15-19-27-17-9-11-21-29(27)31)2-4-6-8-14-24-32-26-16-20-28-18-10-12-22-30(28)32/h1-4,15-16,19-20,25-26H,5-14,17-18,21-24H2/q+2. The van der Waals surface area contributed by atoms with Crippen molar-refractivity contribution in [3.8, 4) is 0 Å². The molecule has 2 aliphatic rings. The summed E-state index contributed by atoms with van der Waals surface area (Å²) in [5.74, 6) is 0. The molecule has 2 aliphatic carbocycles. The van der Waals surface area contributed by atoms with Crippen molar-refractivity contribution < 1.29 is 9.13 Å². The van der Waals surface area contributed by atoms with Gasteiger partial charge in [-0.2, -0.15) is 0 Å². The van der Waals surface area contributed by atoms with Gasteiger partial charge in [0.25, 0.3) is 0 Å². The lowest BCUT2D eigenvalue weighted by Crippen LogP contribution is -2.40. The Morgan fingerprint density at radius 1 is 0.594 bits per heavy atom. The zero-order valence-corrected chi connectivity index (χ0v) is 20.0. The molecule has 32 heavy (non-hydrogen) atoms. The largest absolute Gasteiger partial charge is 0.202 e. The van der Waals surface area contributed by atoms with Gasteiger partial charge in [-0.05, 0) is 76.3 Å². The van der Waals surface area contributed by atoms with Crippen LogP contribution in [-0.4, -0.2) is 0 Å². The van der Waals surface area contributed by atoms with Crippen LogP contribution in [0.25, 0.3) is 0 Å². The van der Waals surface area contributed by atoms with E-state index in [-0.39, 0.29) is 0 Å². The molecule has 2 nitrogen and oxygen atoms in total. The Morgan fingerprint density at radius 3 is 1.56 bits per heavy atom. The summed E-state index contributed by atoms with van der Waals surface area (Å²) < 4.78 is 5.03. The van der Waals surface area contributed by atoms with Crippen LogP contribution in [-0.2, 0) is 38.8 Å². The van der Waals surface area contributed by atoms with Crippen molar-refractivity contribution in [2.45, 2.75) is 103 Å². The van der Waals surface area contributed by atoms with Gasteiger partial charge in [0.15, 0.2) is 23.8 Å². The van der Waals surface area contributed by atoms with Crippen molar-refractivity contribution in [3.05, 3.63) is 83.5 Å². The Morgan fingerprint density at radius 2 is 1.06 bits per heavy atom. The third kappa shape index (κ3) is 6.64. The Labute approximate surface area is 195 Å². The quantitative estimate of drug-likeness (QED) is 0.229. The molecule has 0 spiro atoms. The summed E-state index contributed by atoms with van der Waals surface area (Å²) in [5.41, 5.74) is 6.38. The van der Waals surface area contributed by atoms with E-state index >= 15 is 0 Å². The molecule has 0 N–H and O–H groups in total. The number of rotatable bonds is 11. The highest BCUT2D eigenvalue weighted by molar-refractivity contribution is 5.18. The fraction of sp³-hybridized carbons (Fsp3) is 0.533. The maximum absolute atomic E-state index is 2.52. The highest BCUT2D eigenvalue weighted by Crippen LogP contribution is 2.18. The van der Waals surface area contributed by atoms with Crippen LogP contribution in [0.1, 0.15) is 86.7 Å². The van der Waals surface area contributed by atoms with Gasteiger partial charge in [0.1, 0.15) is 13.1 Å². The highest BCUT2D eigenvalue weighted by Gasteiger charge is 2.19. The summed E-state index contributed by atoms with van der Waals surface area (Å²) in [7, 11) is 0. The predicted molar refractivity (Wildman–Crippen MR) is 133 cm³/mol. The van der Waals surface area contributed by atoms with E-state index in [0.29, 0.717) is 0 Å². The molecule has 2 heterocycles. The van der Waals surface area contributed by atoms with Gasteiger partial charge in [0.2, 0.25) is 0 Å². The Hall–Kier alpha value is -2.22. The molecule has 0 saturated carbocycles. The number of hydrogen-bond acceptors (Lipinski definition) is 0. The number of pyridine rings is 2. The topological polar surface area (TPSA) is 7.76 Å². The first-order valence-electron chi connectivity index (χ1n) is 13.2. The zero-order valence-electron chi connectivity index (χ0n) is 20.0. The van der Waals surface area contributed by atoms with E-state index in [2.05, 4.69) is 70.1 Å². The lowest BCUT2D eigenvalue weighted by Gasteiger charge is -2.13. The molecule has 4 rings (SSSR count). The number of aromatic nitrogens is 2. The van der Waals surface area contributed by atoms with Crippen LogP contribution in [0.5, 0.6) is 0 Å². The fourth-order valence-corrected chi connectivity index (χ4v) is 5.40. The summed E-state index contributed by atoms with van der Waals surface area (Å²) in [6, 6.07) is 9.13. The average molecular weight is 431 g/mol. The molecule has 2 aromatic rings. The summed E-state index contributed by atoms with van der Waals surface area (Å²) in [4.78, 5) is 0. The van der Waals surface area contributed by atoms with Crippen LogP contribution >= 0.6 is 0 Å². The first-order valence-corrected chi connectivity index (χ1v) is 13.2. The van der Waals surface area contributed by atoms with Gasteiger partial charge in [-0.3, -0.25) is 0 Å². The minimum Gasteiger partial charge on any atom is -0.202 e. The molecule has 0 saturated heterocycles. The first kappa shape index (κ1) is 23.0. The molecule has 170 valence electrons. The van der Waals surface area contributed by atoms with Crippen LogP contribution in [0.15, 0.2) is 61.0 Å². The average Bonchev–Trinajstić information content (AvgIpc) is 2.85. The van der Waals surface area contributed by atoms with Gasteiger partial charge in [-0.1, -0.05) is 24.3 Å². The number of hydrogen-bond donors (Lipinski definition) is 0. The van der Waals surface area contributed by atoms with Gasteiger partial charge in [-0.15, -0.1) is 0 Å². The van der Waals surface area contributed by atoms with Gasteiger partial charge in [0.05, 0.1) is 0 Å². The van der Waals surface area contributed by atoms with Crippen molar-refractivity contribution in [3.63, 3.8) is 0 Å². The van der Waals surface area contributed by atoms with Crippen molar-refractivity contribution in [1.29, 1.82) is 0 Å². The molecule has 0 atom stereocenters. The van der Waals surface area contributed by atoms with E-state index in [9.17, 15) is 0 Å². The number of fused-ring (bicyclic) bond motifs is 2. The van der Waals surface area contributed by atoms with Crippen molar-refractivity contribution in [1.82, 2.24) is 0 Å². The van der Waals surface area contributed by atoms with Crippen LogP contribution in [0.2, 0.25) is 0 Å². The number of aryl methyl sites for hydroxylation is 4. The van der Waals surface area contributed by atoms with Gasteiger partial charge >= 0.3 is 0 Å². The maximum Gasteiger partial charge on any atom is 0.184 e. The van der Waals surface area contributed by atoms with E-state index in [0.717, 1.165) is 0 Å². The highest BCUT2D eigenvalue weighted by atomic mass is 15.0. The second kappa shape index (κ2) is 12.7.